The lowest BCUT2D eigenvalue weighted by molar-refractivity contribution is -0.139. The molecule has 1 unspecified atom stereocenters. The van der Waals surface area contributed by atoms with E-state index in [9.17, 15) is 4.79 Å². The average Bonchev–Trinajstić information content (AvgIpc) is 2.93. The van der Waals surface area contributed by atoms with Gasteiger partial charge in [-0.15, -0.1) is 11.3 Å². The maximum atomic E-state index is 11.6. The Morgan fingerprint density at radius 3 is 2.84 bits per heavy atom. The second kappa shape index (κ2) is 7.64. The summed E-state index contributed by atoms with van der Waals surface area (Å²) in [5.41, 5.74) is 2.57. The van der Waals surface area contributed by atoms with Crippen LogP contribution in [0, 0.1) is 0 Å². The summed E-state index contributed by atoms with van der Waals surface area (Å²) >= 11 is 13.4. The molecule has 1 aliphatic heterocycles. The highest BCUT2D eigenvalue weighted by Crippen LogP contribution is 2.35. The number of hydrogen-bond donors (Lipinski definition) is 1. The lowest BCUT2D eigenvalue weighted by Gasteiger charge is -2.11. The Labute approximate surface area is 160 Å². The molecule has 4 nitrogen and oxygen atoms in total. The van der Waals surface area contributed by atoms with Crippen LogP contribution in [0.3, 0.4) is 0 Å². The Hall–Kier alpha value is -1.76. The highest BCUT2D eigenvalue weighted by Gasteiger charge is 2.26. The molecule has 1 aromatic heterocycles. The molecule has 130 valence electrons. The summed E-state index contributed by atoms with van der Waals surface area (Å²) in [4.78, 5) is 18.1. The Kier molecular flexibility index (Phi) is 5.51. The summed E-state index contributed by atoms with van der Waals surface area (Å²) in [6.45, 7) is 2.05. The quantitative estimate of drug-likeness (QED) is 0.615. The van der Waals surface area contributed by atoms with Gasteiger partial charge in [-0.1, -0.05) is 48.9 Å². The molecule has 0 fully saturated rings. The maximum Gasteiger partial charge on any atom is 0.310 e. The van der Waals surface area contributed by atoms with Gasteiger partial charge in [0.1, 0.15) is 16.0 Å². The van der Waals surface area contributed by atoms with Crippen molar-refractivity contribution in [2.75, 3.05) is 12.4 Å². The number of anilines is 1. The summed E-state index contributed by atoms with van der Waals surface area (Å²) in [5, 5.41) is 4.82. The number of aliphatic imine (C=N–C) groups is 1. The minimum absolute atomic E-state index is 0.107. The van der Waals surface area contributed by atoms with E-state index in [1.165, 1.54) is 18.4 Å². The number of thiocarbonyl (C=S) groups is 1. The maximum absolute atomic E-state index is 11.6. The second-order valence-electron chi connectivity index (χ2n) is 5.58. The number of fused-ring (bicyclic) bond motifs is 1. The van der Waals surface area contributed by atoms with Crippen molar-refractivity contribution < 1.29 is 9.53 Å². The molecule has 3 rings (SSSR count). The molecule has 1 aromatic carbocycles. The van der Waals surface area contributed by atoms with Crippen LogP contribution in [-0.4, -0.2) is 29.8 Å². The van der Waals surface area contributed by atoms with Crippen molar-refractivity contribution in [1.29, 1.82) is 0 Å². The third-order valence-corrected chi connectivity index (χ3v) is 5.68. The normalized spacial score (nSPS) is 16.5. The van der Waals surface area contributed by atoms with E-state index in [2.05, 4.69) is 12.2 Å². The van der Waals surface area contributed by atoms with Crippen molar-refractivity contribution in [3.8, 4) is 0 Å². The van der Waals surface area contributed by atoms with E-state index >= 15 is 0 Å². The molecule has 2 heterocycles. The van der Waals surface area contributed by atoms with Gasteiger partial charge in [-0.05, 0) is 18.6 Å². The topological polar surface area (TPSA) is 50.7 Å². The summed E-state index contributed by atoms with van der Waals surface area (Å²) in [7, 11) is 1.39. The van der Waals surface area contributed by atoms with E-state index in [1.54, 1.807) is 0 Å². The lowest BCUT2D eigenvalue weighted by atomic mass is 10.0. The number of nitrogens with one attached hydrogen (secondary N) is 1. The van der Waals surface area contributed by atoms with Gasteiger partial charge < -0.3 is 10.1 Å². The predicted octanol–water partition coefficient (Wildman–Crippen LogP) is 4.49. The number of thiophene rings is 1. The van der Waals surface area contributed by atoms with Gasteiger partial charge in [0.25, 0.3) is 0 Å². The van der Waals surface area contributed by atoms with Crippen LogP contribution in [-0.2, 0) is 16.0 Å². The van der Waals surface area contributed by atoms with Crippen LogP contribution in [0.1, 0.15) is 29.3 Å². The average molecular weight is 393 g/mol. The summed E-state index contributed by atoms with van der Waals surface area (Å²) in [6, 6.07) is 9.47. The molecule has 0 radical (unpaired) electrons. The minimum Gasteiger partial charge on any atom is -0.469 e. The van der Waals surface area contributed by atoms with Crippen molar-refractivity contribution in [1.82, 2.24) is 0 Å². The molecule has 0 saturated carbocycles. The molecule has 0 spiro atoms. The number of carbonyl (C=O) groups excluding carboxylic acids is 1. The predicted molar refractivity (Wildman–Crippen MR) is 107 cm³/mol. The number of benzene rings is 1. The van der Waals surface area contributed by atoms with Crippen molar-refractivity contribution in [2.45, 2.75) is 25.8 Å². The van der Waals surface area contributed by atoms with Crippen molar-refractivity contribution in [3.63, 3.8) is 0 Å². The fourth-order valence-corrected chi connectivity index (χ4v) is 4.30. The van der Waals surface area contributed by atoms with Crippen molar-refractivity contribution in [2.24, 2.45) is 4.99 Å². The molecule has 7 heteroatoms. The van der Waals surface area contributed by atoms with Crippen molar-refractivity contribution >= 4 is 56.8 Å². The molecule has 25 heavy (non-hydrogen) atoms. The first-order valence-corrected chi connectivity index (χ1v) is 9.47. The molecule has 2 aromatic rings. The van der Waals surface area contributed by atoms with Crippen LogP contribution in [0.15, 0.2) is 35.3 Å². The first-order valence-electron chi connectivity index (χ1n) is 7.87. The first kappa shape index (κ1) is 18.0. The molecule has 0 saturated heterocycles. The number of hydrogen-bond acceptors (Lipinski definition) is 5. The van der Waals surface area contributed by atoms with Crippen LogP contribution in [0.5, 0.6) is 0 Å². The molecular formula is C18H17ClN2O2S2. The Bertz CT molecular complexity index is 861. The van der Waals surface area contributed by atoms with Gasteiger partial charge in [-0.25, -0.2) is 0 Å². The highest BCUT2D eigenvalue weighted by atomic mass is 35.5. The van der Waals surface area contributed by atoms with Gasteiger partial charge in [-0.2, -0.15) is 0 Å². The minimum atomic E-state index is -0.276. The number of methoxy groups -OCH3 is 1. The number of carbonyl (C=O) groups is 1. The van der Waals surface area contributed by atoms with Gasteiger partial charge >= 0.3 is 5.97 Å². The third kappa shape index (κ3) is 3.76. The van der Waals surface area contributed by atoms with Crippen LogP contribution in [0.4, 0.5) is 5.00 Å². The Morgan fingerprint density at radius 2 is 2.16 bits per heavy atom. The van der Waals surface area contributed by atoms with E-state index in [0.29, 0.717) is 10.0 Å². The third-order valence-electron chi connectivity index (χ3n) is 3.92. The van der Waals surface area contributed by atoms with E-state index in [0.717, 1.165) is 33.1 Å². The zero-order chi connectivity index (χ0) is 18.0. The molecule has 1 N–H and O–H groups in total. The number of rotatable bonds is 4. The van der Waals surface area contributed by atoms with Crippen LogP contribution >= 0.6 is 35.2 Å². The largest absolute Gasteiger partial charge is 0.469 e. The van der Waals surface area contributed by atoms with Gasteiger partial charge in [0.2, 0.25) is 0 Å². The standard InChI is InChI=1S/C18H17ClN2O2S2/c1-3-14-17(24)21-18-12(8-10(25-18)9-15(22)23-2)16(20-14)11-6-4-5-7-13(11)19/h4-8,14H,3,9H2,1-2H3,(H,21,24). The number of nitrogens with zero attached hydrogens (tertiary/aromatic N) is 1. The van der Waals surface area contributed by atoms with Gasteiger partial charge in [0.15, 0.2) is 0 Å². The molecule has 0 amide bonds. The molecular weight excluding hydrogens is 376 g/mol. The zero-order valence-electron chi connectivity index (χ0n) is 13.8. The Morgan fingerprint density at radius 1 is 1.40 bits per heavy atom. The number of esters is 1. The van der Waals surface area contributed by atoms with E-state index in [4.69, 9.17) is 33.5 Å². The first-order chi connectivity index (χ1) is 12.0. The fourth-order valence-electron chi connectivity index (χ4n) is 2.64. The zero-order valence-corrected chi connectivity index (χ0v) is 16.2. The number of ether oxygens (including phenoxy) is 1. The van der Waals surface area contributed by atoms with Gasteiger partial charge in [-0.3, -0.25) is 9.79 Å². The van der Waals surface area contributed by atoms with Gasteiger partial charge in [0.05, 0.1) is 19.2 Å². The van der Waals surface area contributed by atoms with Crippen LogP contribution in [0.25, 0.3) is 0 Å². The molecule has 0 aliphatic carbocycles. The Balaban J connectivity index is 2.13. The monoisotopic (exact) mass is 392 g/mol. The summed E-state index contributed by atoms with van der Waals surface area (Å²) in [6.07, 6.45) is 1.01. The number of halogens is 1. The molecule has 0 bridgehead atoms. The van der Waals surface area contributed by atoms with Gasteiger partial charge in [0, 0.05) is 21.0 Å². The van der Waals surface area contributed by atoms with Crippen LogP contribution < -0.4 is 5.32 Å². The summed E-state index contributed by atoms with van der Waals surface area (Å²) in [5.74, 6) is -0.276. The van der Waals surface area contributed by atoms with Crippen molar-refractivity contribution in [3.05, 3.63) is 51.4 Å². The summed E-state index contributed by atoms with van der Waals surface area (Å²) < 4.78 is 4.77. The molecule has 1 atom stereocenters. The lowest BCUT2D eigenvalue weighted by Crippen LogP contribution is -2.22. The highest BCUT2D eigenvalue weighted by molar-refractivity contribution is 7.80. The smallest absolute Gasteiger partial charge is 0.310 e. The van der Waals surface area contributed by atoms with E-state index in [1.807, 2.05) is 30.3 Å². The SMILES string of the molecule is CCC1N=C(c2ccccc2Cl)c2cc(CC(=O)OC)sc2NC1=S. The molecule has 1 aliphatic rings. The fraction of sp³-hybridized carbons (Fsp3) is 0.278. The van der Waals surface area contributed by atoms with E-state index in [-0.39, 0.29) is 18.4 Å². The van der Waals surface area contributed by atoms with Crippen LogP contribution in [0.2, 0.25) is 5.02 Å². The van der Waals surface area contributed by atoms with E-state index < -0.39 is 0 Å². The second-order valence-corrected chi connectivity index (χ2v) is 7.56.